The summed E-state index contributed by atoms with van der Waals surface area (Å²) in [5.74, 6) is -0.269. The number of fused-ring (bicyclic) bond motifs is 4. The van der Waals surface area contributed by atoms with Crippen LogP contribution in [-0.2, 0) is 10.9 Å². The van der Waals surface area contributed by atoms with Crippen molar-refractivity contribution in [2.75, 3.05) is 19.4 Å². The Labute approximate surface area is 196 Å². The highest BCUT2D eigenvalue weighted by molar-refractivity contribution is 6.04. The average Bonchev–Trinajstić information content (AvgIpc) is 3.33. The molecule has 0 unspecified atom stereocenters. The number of aromatic nitrogens is 4. The molecule has 9 nitrogen and oxygen atoms in total. The number of carbonyl (C=O) groups is 1. The molecule has 35 heavy (non-hydrogen) atoms. The molecular formula is C23H18F3N7O2. The van der Waals surface area contributed by atoms with Gasteiger partial charge in [-0.15, -0.1) is 0 Å². The van der Waals surface area contributed by atoms with Crippen LogP contribution in [0.3, 0.4) is 0 Å². The predicted octanol–water partition coefficient (Wildman–Crippen LogP) is 4.33. The highest BCUT2D eigenvalue weighted by atomic mass is 19.4. The molecule has 0 radical (unpaired) electrons. The van der Waals surface area contributed by atoms with E-state index in [2.05, 4.69) is 19.8 Å². The number of nitrogens with two attached hydrogens (primary N) is 1. The van der Waals surface area contributed by atoms with Crippen molar-refractivity contribution in [1.82, 2.24) is 24.3 Å². The van der Waals surface area contributed by atoms with Crippen molar-refractivity contribution in [3.8, 4) is 0 Å². The molecular weight excluding hydrogens is 463 g/mol. The fourth-order valence-electron chi connectivity index (χ4n) is 4.31. The molecule has 0 aliphatic carbocycles. The van der Waals surface area contributed by atoms with E-state index in [1.54, 1.807) is 17.4 Å². The van der Waals surface area contributed by atoms with E-state index in [4.69, 9.17) is 17.0 Å². The zero-order valence-electron chi connectivity index (χ0n) is 18.5. The maximum Gasteiger partial charge on any atom is 0.433 e. The quantitative estimate of drug-likeness (QED) is 0.428. The van der Waals surface area contributed by atoms with Crippen molar-refractivity contribution < 1.29 is 22.7 Å². The lowest BCUT2D eigenvalue weighted by atomic mass is 9.94. The molecule has 12 heteroatoms. The maximum absolute atomic E-state index is 13.6. The minimum atomic E-state index is -4.60. The van der Waals surface area contributed by atoms with E-state index >= 15 is 0 Å². The molecule has 1 amide bonds. The molecule has 0 spiro atoms. The van der Waals surface area contributed by atoms with E-state index in [1.807, 2.05) is 0 Å². The number of likely N-dealkylation sites (N-methyl/N-ethyl adjacent to an activating group) is 1. The summed E-state index contributed by atoms with van der Waals surface area (Å²) in [7, 11) is 1.51. The van der Waals surface area contributed by atoms with Gasteiger partial charge in [0.05, 0.1) is 48.9 Å². The van der Waals surface area contributed by atoms with Gasteiger partial charge in [-0.1, -0.05) is 0 Å². The first-order valence-corrected chi connectivity index (χ1v) is 10.5. The van der Waals surface area contributed by atoms with Crippen LogP contribution in [-0.4, -0.2) is 43.8 Å². The average molecular weight is 481 g/mol. The number of hydrogen-bond donors (Lipinski definition) is 1. The van der Waals surface area contributed by atoms with Crippen LogP contribution in [0.1, 0.15) is 46.2 Å². The number of amides is 1. The number of ether oxygens (including phenoxy) is 1. The Hall–Kier alpha value is -4.24. The van der Waals surface area contributed by atoms with Gasteiger partial charge in [-0.05, 0) is 30.7 Å². The Morgan fingerprint density at radius 3 is 2.74 bits per heavy atom. The molecule has 1 aromatic carbocycles. The first-order chi connectivity index (χ1) is 16.6. The largest absolute Gasteiger partial charge is 0.433 e. The smallest absolute Gasteiger partial charge is 0.382 e. The number of carbonyl (C=O) groups excluding carboxylic acids is 1. The predicted molar refractivity (Wildman–Crippen MR) is 120 cm³/mol. The van der Waals surface area contributed by atoms with Crippen LogP contribution < -0.4 is 5.73 Å². The summed E-state index contributed by atoms with van der Waals surface area (Å²) in [5, 5.41) is 0. The van der Waals surface area contributed by atoms with Gasteiger partial charge in [0.2, 0.25) is 11.6 Å². The zero-order valence-corrected chi connectivity index (χ0v) is 18.5. The van der Waals surface area contributed by atoms with E-state index in [-0.39, 0.29) is 23.7 Å². The van der Waals surface area contributed by atoms with Gasteiger partial charge in [-0.2, -0.15) is 13.2 Å². The van der Waals surface area contributed by atoms with Gasteiger partial charge in [0.15, 0.2) is 0 Å². The van der Waals surface area contributed by atoms with Crippen LogP contribution >= 0.6 is 0 Å². The van der Waals surface area contributed by atoms with Crippen LogP contribution in [0, 0.1) is 6.57 Å². The second-order valence-corrected chi connectivity index (χ2v) is 8.22. The van der Waals surface area contributed by atoms with E-state index < -0.39 is 29.9 Å². The normalized spacial score (nSPS) is 17.8. The van der Waals surface area contributed by atoms with Gasteiger partial charge in [0.1, 0.15) is 17.0 Å². The molecule has 0 fully saturated rings. The molecule has 1 aliphatic heterocycles. The summed E-state index contributed by atoms with van der Waals surface area (Å²) < 4.78 is 47.0. The van der Waals surface area contributed by atoms with E-state index in [1.165, 1.54) is 30.5 Å². The molecule has 3 aromatic heterocycles. The van der Waals surface area contributed by atoms with Gasteiger partial charge in [-0.25, -0.2) is 14.8 Å². The van der Waals surface area contributed by atoms with Crippen molar-refractivity contribution >= 4 is 34.0 Å². The Balaban J connectivity index is 1.59. The zero-order chi connectivity index (χ0) is 25.1. The standard InChI is InChI=1S/C23H18F3N7O2/c1-11-12-5-20(23(24,25)26)30-7-14(12)19(9-35-11)32(3)22(34)13-4-17-16(6-15(13)28-2)31-21(27)18-8-29-10-33(17)18/h4-8,10-11,19H,9H2,1,3H3,(H2,27,31)/t11-,19-/m1/s1. The molecule has 4 aromatic rings. The fourth-order valence-corrected chi connectivity index (χ4v) is 4.31. The SMILES string of the molecule is [C-]#[N+]c1cc2nc(N)c3cncn3c2cc1C(=O)N(C)[C@@H]1CO[C@H](C)c2cc(C(F)(F)F)ncc21. The Bertz CT molecular complexity index is 1540. The van der Waals surface area contributed by atoms with E-state index in [0.717, 1.165) is 12.3 Å². The third kappa shape index (κ3) is 3.60. The third-order valence-corrected chi connectivity index (χ3v) is 6.19. The molecule has 2 atom stereocenters. The topological polar surface area (TPSA) is 103 Å². The second-order valence-electron chi connectivity index (χ2n) is 8.22. The van der Waals surface area contributed by atoms with Crippen molar-refractivity contribution in [1.29, 1.82) is 0 Å². The number of benzene rings is 1. The Kier molecular flexibility index (Phi) is 5.10. The molecule has 178 valence electrons. The molecule has 2 N–H and O–H groups in total. The Morgan fingerprint density at radius 1 is 1.26 bits per heavy atom. The van der Waals surface area contributed by atoms with Crippen LogP contribution in [0.25, 0.3) is 21.4 Å². The third-order valence-electron chi connectivity index (χ3n) is 6.19. The fraction of sp³-hybridized carbons (Fsp3) is 0.261. The lowest BCUT2D eigenvalue weighted by Crippen LogP contribution is -2.37. The lowest BCUT2D eigenvalue weighted by Gasteiger charge is -2.36. The number of nitrogens with zero attached hydrogens (tertiary/aromatic N) is 6. The molecule has 5 rings (SSSR count). The molecule has 4 heterocycles. The highest BCUT2D eigenvalue weighted by Crippen LogP contribution is 2.39. The summed E-state index contributed by atoms with van der Waals surface area (Å²) >= 11 is 0. The van der Waals surface area contributed by atoms with Gasteiger partial charge in [-0.3, -0.25) is 14.2 Å². The van der Waals surface area contributed by atoms with Crippen molar-refractivity contribution in [3.05, 3.63) is 70.7 Å². The number of halogens is 3. The van der Waals surface area contributed by atoms with Crippen LogP contribution in [0.15, 0.2) is 36.9 Å². The number of pyridine rings is 1. The number of nitrogen functional groups attached to an aromatic ring is 1. The number of imidazole rings is 1. The highest BCUT2D eigenvalue weighted by Gasteiger charge is 2.37. The van der Waals surface area contributed by atoms with Crippen molar-refractivity contribution in [3.63, 3.8) is 0 Å². The minimum absolute atomic E-state index is 0.0637. The molecule has 0 saturated carbocycles. The number of hydrogen-bond acceptors (Lipinski definition) is 6. The van der Waals surface area contributed by atoms with Crippen LogP contribution in [0.5, 0.6) is 0 Å². The van der Waals surface area contributed by atoms with Gasteiger partial charge >= 0.3 is 6.18 Å². The van der Waals surface area contributed by atoms with E-state index in [0.29, 0.717) is 27.7 Å². The summed E-state index contributed by atoms with van der Waals surface area (Å²) in [4.78, 5) is 30.4. The van der Waals surface area contributed by atoms with Gasteiger partial charge in [0.25, 0.3) is 0 Å². The molecule has 0 saturated heterocycles. The van der Waals surface area contributed by atoms with Crippen LogP contribution in [0.4, 0.5) is 24.7 Å². The van der Waals surface area contributed by atoms with E-state index in [9.17, 15) is 18.0 Å². The Morgan fingerprint density at radius 2 is 2.03 bits per heavy atom. The summed E-state index contributed by atoms with van der Waals surface area (Å²) in [6, 6.07) is 3.28. The number of alkyl halides is 3. The molecule has 1 aliphatic rings. The minimum Gasteiger partial charge on any atom is -0.382 e. The monoisotopic (exact) mass is 481 g/mol. The lowest BCUT2D eigenvalue weighted by molar-refractivity contribution is -0.141. The number of rotatable bonds is 2. The van der Waals surface area contributed by atoms with Gasteiger partial charge in [0, 0.05) is 24.4 Å². The summed E-state index contributed by atoms with van der Waals surface area (Å²) in [6.07, 6.45) is -0.988. The maximum atomic E-state index is 13.6. The van der Waals surface area contributed by atoms with Crippen molar-refractivity contribution in [2.45, 2.75) is 25.2 Å². The summed E-state index contributed by atoms with van der Waals surface area (Å²) in [5.41, 5.74) is 7.40. The molecule has 0 bridgehead atoms. The van der Waals surface area contributed by atoms with Gasteiger partial charge < -0.3 is 15.4 Å². The first-order valence-electron chi connectivity index (χ1n) is 10.5. The second kappa shape index (κ2) is 7.92. The first kappa shape index (κ1) is 22.5. The van der Waals surface area contributed by atoms with Crippen molar-refractivity contribution in [2.24, 2.45) is 0 Å². The number of anilines is 1. The van der Waals surface area contributed by atoms with Crippen LogP contribution in [0.2, 0.25) is 0 Å². The summed E-state index contributed by atoms with van der Waals surface area (Å²) in [6.45, 7) is 9.29.